The second-order valence-electron chi connectivity index (χ2n) is 4.18. The van der Waals surface area contributed by atoms with Gasteiger partial charge < -0.3 is 15.2 Å². The maximum atomic E-state index is 8.49. The molecule has 104 valence electrons. The molecule has 0 spiro atoms. The smallest absolute Gasteiger partial charge is 0.164 e. The molecule has 19 heavy (non-hydrogen) atoms. The quantitative estimate of drug-likeness (QED) is 0.695. The van der Waals surface area contributed by atoms with Crippen LogP contribution in [0.25, 0.3) is 0 Å². The summed E-state index contributed by atoms with van der Waals surface area (Å²) in [7, 11) is 0. The molecule has 0 amide bonds. The van der Waals surface area contributed by atoms with Crippen molar-refractivity contribution < 1.29 is 9.47 Å². The van der Waals surface area contributed by atoms with Gasteiger partial charge in [-0.1, -0.05) is 12.1 Å². The predicted molar refractivity (Wildman–Crippen MR) is 75.3 cm³/mol. The molecule has 0 unspecified atom stereocenters. The van der Waals surface area contributed by atoms with Crippen LogP contribution in [-0.4, -0.2) is 19.8 Å². The molecule has 0 fully saturated rings. The molecule has 4 nitrogen and oxygen atoms in total. The van der Waals surface area contributed by atoms with E-state index in [1.54, 1.807) is 0 Å². The van der Waals surface area contributed by atoms with Crippen molar-refractivity contribution in [3.63, 3.8) is 0 Å². The van der Waals surface area contributed by atoms with Crippen LogP contribution in [0.15, 0.2) is 18.2 Å². The number of benzene rings is 1. The highest BCUT2D eigenvalue weighted by molar-refractivity contribution is 5.46. The van der Waals surface area contributed by atoms with Crippen LogP contribution in [0.3, 0.4) is 0 Å². The number of rotatable bonds is 9. The molecule has 2 N–H and O–H groups in total. The van der Waals surface area contributed by atoms with E-state index in [1.807, 2.05) is 25.1 Å². The molecule has 0 atom stereocenters. The topological polar surface area (TPSA) is 68.3 Å². The fourth-order valence-corrected chi connectivity index (χ4v) is 1.83. The molecule has 0 heterocycles. The van der Waals surface area contributed by atoms with Gasteiger partial charge in [0, 0.05) is 6.42 Å². The number of nitrogens with two attached hydrogens (primary N) is 1. The van der Waals surface area contributed by atoms with Crippen LogP contribution < -0.4 is 15.2 Å². The third-order valence-electron chi connectivity index (χ3n) is 2.70. The van der Waals surface area contributed by atoms with E-state index in [1.165, 1.54) is 0 Å². The van der Waals surface area contributed by atoms with Crippen LogP contribution in [0.5, 0.6) is 11.5 Å². The highest BCUT2D eigenvalue weighted by Crippen LogP contribution is 2.31. The monoisotopic (exact) mass is 262 g/mol. The first-order chi connectivity index (χ1) is 9.33. The Hall–Kier alpha value is -1.73. The highest BCUT2D eigenvalue weighted by atomic mass is 16.5. The summed E-state index contributed by atoms with van der Waals surface area (Å²) in [6.07, 6.45) is 3.08. The number of nitriles is 1. The third-order valence-corrected chi connectivity index (χ3v) is 2.70. The zero-order chi connectivity index (χ0) is 13.9. The van der Waals surface area contributed by atoms with Crippen molar-refractivity contribution in [1.82, 2.24) is 0 Å². The highest BCUT2D eigenvalue weighted by Gasteiger charge is 2.10. The normalized spacial score (nSPS) is 9.95. The van der Waals surface area contributed by atoms with Crippen LogP contribution in [0, 0.1) is 11.3 Å². The Morgan fingerprint density at radius 1 is 1.26 bits per heavy atom. The van der Waals surface area contributed by atoms with Crippen molar-refractivity contribution in [3.05, 3.63) is 23.8 Å². The van der Waals surface area contributed by atoms with Crippen molar-refractivity contribution in [2.24, 2.45) is 5.73 Å². The van der Waals surface area contributed by atoms with Gasteiger partial charge in [0.15, 0.2) is 11.5 Å². The van der Waals surface area contributed by atoms with Gasteiger partial charge in [-0.15, -0.1) is 0 Å². The summed E-state index contributed by atoms with van der Waals surface area (Å²) in [5, 5.41) is 8.49. The summed E-state index contributed by atoms with van der Waals surface area (Å²) >= 11 is 0. The van der Waals surface area contributed by atoms with Crippen LogP contribution in [0.4, 0.5) is 0 Å². The van der Waals surface area contributed by atoms with Crippen molar-refractivity contribution in [1.29, 1.82) is 5.26 Å². The van der Waals surface area contributed by atoms with Crippen LogP contribution in [-0.2, 0) is 6.42 Å². The first-order valence-electron chi connectivity index (χ1n) is 6.78. The van der Waals surface area contributed by atoms with Gasteiger partial charge in [-0.2, -0.15) is 5.26 Å². The largest absolute Gasteiger partial charge is 0.490 e. The number of ether oxygens (including phenoxy) is 2. The number of hydrogen-bond acceptors (Lipinski definition) is 4. The Morgan fingerprint density at radius 2 is 2.11 bits per heavy atom. The molecule has 0 saturated carbocycles. The van der Waals surface area contributed by atoms with Gasteiger partial charge in [0.1, 0.15) is 0 Å². The Morgan fingerprint density at radius 3 is 2.79 bits per heavy atom. The van der Waals surface area contributed by atoms with E-state index in [2.05, 4.69) is 6.07 Å². The lowest BCUT2D eigenvalue weighted by Crippen LogP contribution is -2.08. The molecule has 4 heteroatoms. The fraction of sp³-hybridized carbons (Fsp3) is 0.533. The van der Waals surface area contributed by atoms with E-state index in [9.17, 15) is 0 Å². The average molecular weight is 262 g/mol. The Labute approximate surface area is 115 Å². The van der Waals surface area contributed by atoms with Crippen molar-refractivity contribution >= 4 is 0 Å². The standard InChI is InChI=1S/C15H22N2O2/c1-2-18-14-8-6-7-13(9-11-17)15(14)19-12-5-3-4-10-16/h6-8H,2-5,9,11-12,17H2,1H3. The molecule has 1 aromatic rings. The fourth-order valence-electron chi connectivity index (χ4n) is 1.83. The van der Waals surface area contributed by atoms with Gasteiger partial charge >= 0.3 is 0 Å². The molecule has 1 rings (SSSR count). The maximum absolute atomic E-state index is 8.49. The predicted octanol–water partition coefficient (Wildman–Crippen LogP) is 2.66. The number of hydrogen-bond donors (Lipinski definition) is 1. The molecule has 0 bridgehead atoms. The number of unbranched alkanes of at least 4 members (excludes halogenated alkanes) is 2. The van der Waals surface area contributed by atoms with Gasteiger partial charge in [0.2, 0.25) is 0 Å². The van der Waals surface area contributed by atoms with Crippen LogP contribution >= 0.6 is 0 Å². The third kappa shape index (κ3) is 5.19. The lowest BCUT2D eigenvalue weighted by molar-refractivity contribution is 0.269. The van der Waals surface area contributed by atoms with E-state index in [-0.39, 0.29) is 0 Å². The maximum Gasteiger partial charge on any atom is 0.164 e. The van der Waals surface area contributed by atoms with Gasteiger partial charge in [-0.25, -0.2) is 0 Å². The van der Waals surface area contributed by atoms with E-state index in [0.29, 0.717) is 26.2 Å². The van der Waals surface area contributed by atoms with Crippen molar-refractivity contribution in [2.45, 2.75) is 32.6 Å². The minimum Gasteiger partial charge on any atom is -0.490 e. The lowest BCUT2D eigenvalue weighted by Gasteiger charge is -2.15. The Kier molecular flexibility index (Phi) is 7.45. The van der Waals surface area contributed by atoms with Gasteiger partial charge in [-0.05, 0) is 44.4 Å². The van der Waals surface area contributed by atoms with Crippen LogP contribution in [0.2, 0.25) is 0 Å². The summed E-state index contributed by atoms with van der Waals surface area (Å²) in [6, 6.07) is 8.01. The first-order valence-corrected chi connectivity index (χ1v) is 6.78. The second-order valence-corrected chi connectivity index (χ2v) is 4.18. The summed E-state index contributed by atoms with van der Waals surface area (Å²) in [5.41, 5.74) is 6.69. The molecule has 0 aliphatic rings. The minimum atomic E-state index is 0.576. The van der Waals surface area contributed by atoms with E-state index in [0.717, 1.165) is 36.3 Å². The van der Waals surface area contributed by atoms with Crippen molar-refractivity contribution in [3.8, 4) is 17.6 Å². The summed E-state index contributed by atoms with van der Waals surface area (Å²) in [6.45, 7) is 3.74. The van der Waals surface area contributed by atoms with Gasteiger partial charge in [-0.3, -0.25) is 0 Å². The van der Waals surface area contributed by atoms with Crippen molar-refractivity contribution in [2.75, 3.05) is 19.8 Å². The molecule has 0 saturated heterocycles. The molecular weight excluding hydrogens is 240 g/mol. The van der Waals surface area contributed by atoms with Gasteiger partial charge in [0.05, 0.1) is 19.3 Å². The Balaban J connectivity index is 2.68. The number of nitrogens with zero attached hydrogens (tertiary/aromatic N) is 1. The molecular formula is C15H22N2O2. The number of para-hydroxylation sites is 1. The summed E-state index contributed by atoms with van der Waals surface area (Å²) in [5.74, 6) is 1.57. The first kappa shape index (κ1) is 15.3. The zero-order valence-corrected chi connectivity index (χ0v) is 11.5. The minimum absolute atomic E-state index is 0.576. The van der Waals surface area contributed by atoms with E-state index in [4.69, 9.17) is 20.5 Å². The molecule has 0 aliphatic heterocycles. The molecule has 1 aromatic carbocycles. The molecule has 0 aliphatic carbocycles. The van der Waals surface area contributed by atoms with Gasteiger partial charge in [0.25, 0.3) is 0 Å². The average Bonchev–Trinajstić information content (AvgIpc) is 2.41. The lowest BCUT2D eigenvalue weighted by atomic mass is 10.1. The van der Waals surface area contributed by atoms with E-state index >= 15 is 0 Å². The Bertz CT molecular complexity index is 389. The summed E-state index contributed by atoms with van der Waals surface area (Å²) in [4.78, 5) is 0. The SMILES string of the molecule is CCOc1cccc(CCN)c1OCCCCC#N. The summed E-state index contributed by atoms with van der Waals surface area (Å²) < 4.78 is 11.4. The zero-order valence-electron chi connectivity index (χ0n) is 11.5. The second kappa shape index (κ2) is 9.23. The van der Waals surface area contributed by atoms with Crippen LogP contribution in [0.1, 0.15) is 31.7 Å². The molecule has 0 radical (unpaired) electrons. The van der Waals surface area contributed by atoms with E-state index < -0.39 is 0 Å². The molecule has 0 aromatic heterocycles.